The van der Waals surface area contributed by atoms with E-state index in [0.29, 0.717) is 60.5 Å². The van der Waals surface area contributed by atoms with Crippen LogP contribution in [-0.2, 0) is 14.4 Å². The van der Waals surface area contributed by atoms with E-state index in [0.717, 1.165) is 24.6 Å². The second-order valence-electron chi connectivity index (χ2n) is 9.18. The molecular formula is C25H27N5O6S. The van der Waals surface area contributed by atoms with E-state index in [1.807, 2.05) is 17.0 Å². The summed E-state index contributed by atoms with van der Waals surface area (Å²) >= 11 is 1.20. The number of carbonyl (C=O) groups excluding carboxylic acids is 3. The highest BCUT2D eigenvalue weighted by molar-refractivity contribution is 7.14. The molecule has 4 heterocycles. The van der Waals surface area contributed by atoms with Gasteiger partial charge >= 0.3 is 0 Å². The zero-order valence-electron chi connectivity index (χ0n) is 20.6. The molecule has 11 nitrogen and oxygen atoms in total. The van der Waals surface area contributed by atoms with Crippen molar-refractivity contribution >= 4 is 51.4 Å². The maximum atomic E-state index is 13.3. The summed E-state index contributed by atoms with van der Waals surface area (Å²) in [6.07, 6.45) is 2.95. The number of benzene rings is 1. The summed E-state index contributed by atoms with van der Waals surface area (Å²) < 4.78 is 11.2. The number of furan rings is 1. The van der Waals surface area contributed by atoms with Gasteiger partial charge in [-0.1, -0.05) is 17.3 Å². The molecule has 0 atom stereocenters. The van der Waals surface area contributed by atoms with Crippen LogP contribution in [-0.4, -0.2) is 79.1 Å². The third-order valence-electron chi connectivity index (χ3n) is 7.09. The lowest BCUT2D eigenvalue weighted by Crippen LogP contribution is -2.45. The van der Waals surface area contributed by atoms with Gasteiger partial charge in [0.25, 0.3) is 11.8 Å². The highest BCUT2D eigenvalue weighted by Crippen LogP contribution is 2.41. The first-order valence-electron chi connectivity index (χ1n) is 11.9. The summed E-state index contributed by atoms with van der Waals surface area (Å²) in [5.41, 5.74) is 0.954. The Kier molecular flexibility index (Phi) is 6.83. The molecular weight excluding hydrogens is 498 g/mol. The largest absolute Gasteiger partial charge is 0.493 e. The van der Waals surface area contributed by atoms with Crippen molar-refractivity contribution in [3.8, 4) is 5.75 Å². The highest BCUT2D eigenvalue weighted by atomic mass is 32.1. The minimum absolute atomic E-state index is 0.0615. The van der Waals surface area contributed by atoms with Crippen LogP contribution in [0.4, 0.5) is 5.13 Å². The molecule has 37 heavy (non-hydrogen) atoms. The van der Waals surface area contributed by atoms with Gasteiger partial charge in [0.1, 0.15) is 12.8 Å². The van der Waals surface area contributed by atoms with Gasteiger partial charge < -0.3 is 29.1 Å². The van der Waals surface area contributed by atoms with E-state index < -0.39 is 0 Å². The number of rotatable bonds is 7. The summed E-state index contributed by atoms with van der Waals surface area (Å²) in [7, 11) is 2.95. The van der Waals surface area contributed by atoms with Gasteiger partial charge in [-0.15, -0.1) is 11.3 Å². The van der Waals surface area contributed by atoms with Crippen molar-refractivity contribution in [3.63, 3.8) is 0 Å². The molecule has 5 rings (SSSR count). The van der Waals surface area contributed by atoms with Crippen LogP contribution in [0.1, 0.15) is 35.5 Å². The first-order chi connectivity index (χ1) is 18.0. The quantitative estimate of drug-likeness (QED) is 0.285. The van der Waals surface area contributed by atoms with Crippen molar-refractivity contribution in [3.05, 3.63) is 41.1 Å². The summed E-state index contributed by atoms with van der Waals surface area (Å²) in [6.45, 7) is 2.33. The maximum absolute atomic E-state index is 13.3. The molecule has 0 saturated carbocycles. The smallest absolute Gasteiger partial charge is 0.289 e. The van der Waals surface area contributed by atoms with Crippen LogP contribution in [0.3, 0.4) is 0 Å². The number of hydrogen-bond donors (Lipinski definition) is 1. The van der Waals surface area contributed by atoms with E-state index in [-0.39, 0.29) is 22.9 Å². The van der Waals surface area contributed by atoms with Crippen molar-refractivity contribution in [2.75, 3.05) is 45.7 Å². The normalized spacial score (nSPS) is 17.3. The van der Waals surface area contributed by atoms with Crippen molar-refractivity contribution in [1.82, 2.24) is 14.8 Å². The number of methoxy groups -OCH3 is 1. The monoisotopic (exact) mass is 525 g/mol. The van der Waals surface area contributed by atoms with Crippen molar-refractivity contribution in [2.45, 2.75) is 19.3 Å². The number of amides is 3. The number of carbonyl (C=O) groups is 3. The molecule has 2 fully saturated rings. The number of nitrogens with zero attached hydrogens (tertiary/aromatic N) is 4. The van der Waals surface area contributed by atoms with Crippen molar-refractivity contribution in [1.29, 1.82) is 0 Å². The van der Waals surface area contributed by atoms with Crippen molar-refractivity contribution in [2.24, 2.45) is 10.6 Å². The molecule has 3 amide bonds. The topological polar surface area (TPSA) is 127 Å². The first-order valence-corrected chi connectivity index (χ1v) is 12.8. The van der Waals surface area contributed by atoms with E-state index in [9.17, 15) is 14.4 Å². The van der Waals surface area contributed by atoms with Gasteiger partial charge in [0, 0.05) is 36.9 Å². The average Bonchev–Trinajstić information content (AvgIpc) is 3.66. The molecule has 2 aliphatic heterocycles. The molecule has 3 aromatic rings. The van der Waals surface area contributed by atoms with Crippen LogP contribution in [0.2, 0.25) is 0 Å². The predicted octanol–water partition coefficient (Wildman–Crippen LogP) is 2.97. The minimum atomic E-state index is -0.267. The number of anilines is 1. The van der Waals surface area contributed by atoms with Gasteiger partial charge in [-0.25, -0.2) is 4.98 Å². The third-order valence-corrected chi connectivity index (χ3v) is 7.86. The zero-order chi connectivity index (χ0) is 26.0. The maximum Gasteiger partial charge on any atom is 0.289 e. The Morgan fingerprint density at radius 1 is 1.19 bits per heavy atom. The Balaban J connectivity index is 1.23. The van der Waals surface area contributed by atoms with E-state index in [1.165, 1.54) is 18.4 Å². The number of likely N-dealkylation sites (tertiary alicyclic amines) is 2. The molecule has 1 N–H and O–H groups in total. The third kappa shape index (κ3) is 4.76. The summed E-state index contributed by atoms with van der Waals surface area (Å²) in [5.74, 6) is 0.481. The second-order valence-corrected chi connectivity index (χ2v) is 10.0. The van der Waals surface area contributed by atoms with Crippen molar-refractivity contribution < 1.29 is 28.4 Å². The minimum Gasteiger partial charge on any atom is -0.493 e. The number of piperidine rings is 1. The number of hydrogen-bond acceptors (Lipinski definition) is 9. The number of oxime groups is 1. The standard InChI is InChI=1S/C25H27N5O6S/c1-34-18-5-3-4-16-12-19(36-21(16)18)22(32)29-9-6-25(7-10-29)8-11-30(14-25)23(33)20(28-35-2)17-13-37-24(27-17)26-15-31/h3-5,12-13,15H,6-11,14H2,1-2H3,(H,26,27,31). The zero-order valence-corrected chi connectivity index (χ0v) is 21.4. The molecule has 194 valence electrons. The lowest BCUT2D eigenvalue weighted by molar-refractivity contribution is -0.123. The van der Waals surface area contributed by atoms with Gasteiger partial charge in [0.15, 0.2) is 27.9 Å². The van der Waals surface area contributed by atoms with E-state index >= 15 is 0 Å². The SMILES string of the molecule is CON=C(C(=O)N1CCC2(CCN(C(=O)c3cc4cccc(OC)c4o3)CC2)C1)c1csc(NC=O)n1. The molecule has 0 unspecified atom stereocenters. The molecule has 2 aromatic heterocycles. The molecule has 0 bridgehead atoms. The van der Waals surface area contributed by atoms with Crippen LogP contribution >= 0.6 is 11.3 Å². The number of fused-ring (bicyclic) bond motifs is 1. The fourth-order valence-electron chi connectivity index (χ4n) is 5.09. The Morgan fingerprint density at radius 2 is 1.95 bits per heavy atom. The van der Waals surface area contributed by atoms with Gasteiger partial charge in [0.05, 0.1) is 7.11 Å². The Bertz CT molecular complexity index is 1360. The first kappa shape index (κ1) is 24.8. The molecule has 0 aliphatic carbocycles. The fraction of sp³-hybridized carbons (Fsp3) is 0.400. The van der Waals surface area contributed by atoms with Crippen LogP contribution in [0.25, 0.3) is 11.0 Å². The lowest BCUT2D eigenvalue weighted by Gasteiger charge is -2.38. The van der Waals surface area contributed by atoms with E-state index in [4.69, 9.17) is 14.0 Å². The van der Waals surface area contributed by atoms with Crippen LogP contribution in [0, 0.1) is 5.41 Å². The number of aromatic nitrogens is 1. The molecule has 2 aliphatic rings. The Labute approximate surface area is 217 Å². The average molecular weight is 526 g/mol. The van der Waals surface area contributed by atoms with Gasteiger partial charge in [-0.2, -0.15) is 0 Å². The van der Waals surface area contributed by atoms with Gasteiger partial charge in [-0.05, 0) is 36.8 Å². The summed E-state index contributed by atoms with van der Waals surface area (Å²) in [5, 5.41) is 9.26. The molecule has 2 saturated heterocycles. The molecule has 12 heteroatoms. The number of para-hydroxylation sites is 1. The van der Waals surface area contributed by atoms with Crippen LogP contribution < -0.4 is 10.1 Å². The fourth-order valence-corrected chi connectivity index (χ4v) is 5.75. The molecule has 1 spiro atoms. The number of ether oxygens (including phenoxy) is 1. The van der Waals surface area contributed by atoms with Crippen LogP contribution in [0.5, 0.6) is 5.75 Å². The highest BCUT2D eigenvalue weighted by Gasteiger charge is 2.44. The number of thiazole rings is 1. The van der Waals surface area contributed by atoms with Gasteiger partial charge in [-0.3, -0.25) is 14.4 Å². The Morgan fingerprint density at radius 3 is 2.65 bits per heavy atom. The Hall–Kier alpha value is -3.93. The molecule has 1 aromatic carbocycles. The number of nitrogens with one attached hydrogen (secondary N) is 1. The van der Waals surface area contributed by atoms with E-state index in [2.05, 4.69) is 15.5 Å². The summed E-state index contributed by atoms with van der Waals surface area (Å²) in [4.78, 5) is 50.0. The van der Waals surface area contributed by atoms with E-state index in [1.54, 1.807) is 29.5 Å². The van der Waals surface area contributed by atoms with Crippen LogP contribution in [0.15, 0.2) is 39.2 Å². The second kappa shape index (κ2) is 10.2. The summed E-state index contributed by atoms with van der Waals surface area (Å²) in [6, 6.07) is 7.31. The predicted molar refractivity (Wildman–Crippen MR) is 137 cm³/mol. The lowest BCUT2D eigenvalue weighted by atomic mass is 9.77. The molecule has 0 radical (unpaired) electrons. The van der Waals surface area contributed by atoms with Gasteiger partial charge in [0.2, 0.25) is 6.41 Å².